The number of aliphatic imine (C=N–C) groups is 1. The Morgan fingerprint density at radius 2 is 1.91 bits per heavy atom. The first-order chi connectivity index (χ1) is 15.7. The summed E-state index contributed by atoms with van der Waals surface area (Å²) in [6, 6.07) is 14.4. The molecule has 0 N–H and O–H groups in total. The van der Waals surface area contributed by atoms with E-state index in [2.05, 4.69) is 4.99 Å². The highest BCUT2D eigenvalue weighted by molar-refractivity contribution is 8.14. The molecule has 10 heteroatoms. The molecule has 2 aliphatic heterocycles. The molecule has 0 radical (unpaired) electrons. The quantitative estimate of drug-likeness (QED) is 0.606. The molecule has 2 aromatic carbocycles. The van der Waals surface area contributed by atoms with Crippen LogP contribution in [0.1, 0.15) is 12.0 Å². The van der Waals surface area contributed by atoms with Crippen LogP contribution >= 0.6 is 11.8 Å². The minimum absolute atomic E-state index is 0.0184. The summed E-state index contributed by atoms with van der Waals surface area (Å²) in [4.78, 5) is 33.1. The largest absolute Gasteiger partial charge is 0.341 e. The van der Waals surface area contributed by atoms with Crippen LogP contribution in [0.5, 0.6) is 0 Å². The number of amides is 2. The van der Waals surface area contributed by atoms with Gasteiger partial charge in [0.05, 0.1) is 22.9 Å². The molecule has 0 aromatic heterocycles. The van der Waals surface area contributed by atoms with Crippen LogP contribution in [0, 0.1) is 5.82 Å². The maximum Gasteiger partial charge on any atom is 0.283 e. The molecule has 1 atom stereocenters. The fourth-order valence-corrected chi connectivity index (χ4v) is 6.34. The summed E-state index contributed by atoms with van der Waals surface area (Å²) in [6.45, 7) is 0. The Bertz CT molecular complexity index is 1230. The third kappa shape index (κ3) is 5.33. The maximum atomic E-state index is 13.4. The van der Waals surface area contributed by atoms with Crippen LogP contribution < -0.4 is 4.90 Å². The van der Waals surface area contributed by atoms with E-state index in [4.69, 9.17) is 0 Å². The summed E-state index contributed by atoms with van der Waals surface area (Å²) in [5.74, 6) is -1.04. The first-order valence-corrected chi connectivity index (χ1v) is 13.1. The Morgan fingerprint density at radius 1 is 1.21 bits per heavy atom. The number of hydrogen-bond donors (Lipinski definition) is 0. The summed E-state index contributed by atoms with van der Waals surface area (Å²) in [5.41, 5.74) is 1.44. The van der Waals surface area contributed by atoms with Gasteiger partial charge in [0.2, 0.25) is 5.91 Å². The molecule has 0 spiro atoms. The van der Waals surface area contributed by atoms with Gasteiger partial charge in [-0.3, -0.25) is 14.5 Å². The monoisotopic (exact) mass is 487 g/mol. The second kappa shape index (κ2) is 9.48. The first kappa shape index (κ1) is 23.2. The van der Waals surface area contributed by atoms with Crippen molar-refractivity contribution in [1.82, 2.24) is 4.90 Å². The molecule has 33 heavy (non-hydrogen) atoms. The number of carbonyl (C=O) groups is 2. The fourth-order valence-electron chi connectivity index (χ4n) is 3.63. The molecule has 7 nitrogen and oxygen atoms in total. The van der Waals surface area contributed by atoms with Gasteiger partial charge in [0.1, 0.15) is 11.5 Å². The molecular weight excluding hydrogens is 465 g/mol. The zero-order chi connectivity index (χ0) is 23.6. The molecule has 0 saturated carbocycles. The number of halogens is 1. The molecule has 0 bridgehead atoms. The summed E-state index contributed by atoms with van der Waals surface area (Å²) in [7, 11) is -1.52. The lowest BCUT2D eigenvalue weighted by atomic mass is 10.2. The van der Waals surface area contributed by atoms with Crippen molar-refractivity contribution in [3.63, 3.8) is 0 Å². The fraction of sp³-hybridized carbons (Fsp3) is 0.261. The number of anilines is 1. The molecule has 2 aliphatic rings. The number of hydrogen-bond acceptors (Lipinski definition) is 6. The van der Waals surface area contributed by atoms with E-state index < -0.39 is 15.7 Å². The molecule has 1 saturated heterocycles. The second-order valence-corrected chi connectivity index (χ2v) is 11.0. The van der Waals surface area contributed by atoms with Crippen LogP contribution in [0.15, 0.2) is 65.3 Å². The van der Waals surface area contributed by atoms with Gasteiger partial charge in [0.25, 0.3) is 5.91 Å². The first-order valence-electron chi connectivity index (χ1n) is 10.3. The highest BCUT2D eigenvalue weighted by atomic mass is 32.2. The number of nitrogens with zero attached hydrogens (tertiary/aromatic N) is 3. The van der Waals surface area contributed by atoms with Gasteiger partial charge in [0.15, 0.2) is 15.0 Å². The summed E-state index contributed by atoms with van der Waals surface area (Å²) >= 11 is 1.08. The smallest absolute Gasteiger partial charge is 0.283 e. The van der Waals surface area contributed by atoms with Gasteiger partial charge in [-0.2, -0.15) is 0 Å². The van der Waals surface area contributed by atoms with Gasteiger partial charge in [-0.05, 0) is 42.3 Å². The normalized spacial score (nSPS) is 20.8. The van der Waals surface area contributed by atoms with Gasteiger partial charge >= 0.3 is 0 Å². The second-order valence-electron chi connectivity index (χ2n) is 7.80. The van der Waals surface area contributed by atoms with Crippen LogP contribution in [0.2, 0.25) is 0 Å². The Hall–Kier alpha value is -2.98. The molecule has 1 unspecified atom stereocenters. The molecule has 2 amide bonds. The van der Waals surface area contributed by atoms with E-state index in [1.807, 2.05) is 30.3 Å². The Balaban J connectivity index is 1.55. The van der Waals surface area contributed by atoms with Gasteiger partial charge < -0.3 is 4.90 Å². The van der Waals surface area contributed by atoms with E-state index in [9.17, 15) is 22.4 Å². The van der Waals surface area contributed by atoms with E-state index in [-0.39, 0.29) is 40.8 Å². The van der Waals surface area contributed by atoms with Crippen molar-refractivity contribution in [2.75, 3.05) is 29.2 Å². The zero-order valence-corrected chi connectivity index (χ0v) is 19.5. The van der Waals surface area contributed by atoms with E-state index in [0.717, 1.165) is 17.3 Å². The zero-order valence-electron chi connectivity index (χ0n) is 17.8. The van der Waals surface area contributed by atoms with Crippen molar-refractivity contribution in [3.05, 3.63) is 71.7 Å². The van der Waals surface area contributed by atoms with E-state index in [0.29, 0.717) is 17.3 Å². The number of amidine groups is 1. The molecular formula is C23H22FN3O4S2. The molecule has 2 aromatic rings. The van der Waals surface area contributed by atoms with Crippen molar-refractivity contribution in [1.29, 1.82) is 0 Å². The van der Waals surface area contributed by atoms with Crippen LogP contribution in [-0.2, 0) is 19.4 Å². The average Bonchev–Trinajstić information content (AvgIpc) is 3.31. The van der Waals surface area contributed by atoms with Crippen LogP contribution in [0.25, 0.3) is 6.08 Å². The standard InChI is InChI=1S/C23H22FN3O4S2/c1-26(19-11-12-33(30,31)15-19)21(28)14-32-23-25-20(13-16-5-3-2-4-6-16)22(29)27(23)18-9-7-17(24)8-10-18/h2-10,13,19H,11-12,14-15H2,1H3/b20-13-. The number of carbonyl (C=O) groups excluding carboxylic acids is 2. The van der Waals surface area contributed by atoms with Crippen molar-refractivity contribution < 1.29 is 22.4 Å². The lowest BCUT2D eigenvalue weighted by Gasteiger charge is -2.24. The number of rotatable bonds is 5. The van der Waals surface area contributed by atoms with E-state index >= 15 is 0 Å². The predicted molar refractivity (Wildman–Crippen MR) is 128 cm³/mol. The van der Waals surface area contributed by atoms with E-state index in [1.54, 1.807) is 13.1 Å². The third-order valence-corrected chi connectivity index (χ3v) is 8.17. The van der Waals surface area contributed by atoms with Crippen molar-refractivity contribution in [3.8, 4) is 0 Å². The Labute approximate surface area is 195 Å². The lowest BCUT2D eigenvalue weighted by molar-refractivity contribution is -0.128. The number of sulfone groups is 1. The van der Waals surface area contributed by atoms with Gasteiger partial charge in [-0.1, -0.05) is 42.1 Å². The van der Waals surface area contributed by atoms with Crippen molar-refractivity contribution in [2.45, 2.75) is 12.5 Å². The highest BCUT2D eigenvalue weighted by Crippen LogP contribution is 2.30. The summed E-state index contributed by atoms with van der Waals surface area (Å²) in [5, 5.41) is 0.301. The summed E-state index contributed by atoms with van der Waals surface area (Å²) in [6.07, 6.45) is 2.07. The topological polar surface area (TPSA) is 87.1 Å². The Kier molecular flexibility index (Phi) is 6.66. The summed E-state index contributed by atoms with van der Waals surface area (Å²) < 4.78 is 36.9. The molecule has 2 heterocycles. The van der Waals surface area contributed by atoms with Crippen molar-refractivity contribution in [2.24, 2.45) is 4.99 Å². The van der Waals surface area contributed by atoms with Gasteiger partial charge in [0, 0.05) is 13.1 Å². The average molecular weight is 488 g/mol. The van der Waals surface area contributed by atoms with Crippen LogP contribution in [-0.4, -0.2) is 60.6 Å². The minimum Gasteiger partial charge on any atom is -0.341 e. The van der Waals surface area contributed by atoms with Gasteiger partial charge in [-0.15, -0.1) is 0 Å². The highest BCUT2D eigenvalue weighted by Gasteiger charge is 2.35. The molecule has 4 rings (SSSR count). The lowest BCUT2D eigenvalue weighted by Crippen LogP contribution is -2.39. The molecule has 1 fully saturated rings. The predicted octanol–water partition coefficient (Wildman–Crippen LogP) is 2.95. The van der Waals surface area contributed by atoms with Gasteiger partial charge in [-0.25, -0.2) is 17.8 Å². The minimum atomic E-state index is -3.11. The molecule has 0 aliphatic carbocycles. The third-order valence-electron chi connectivity index (χ3n) is 5.49. The Morgan fingerprint density at radius 3 is 2.55 bits per heavy atom. The maximum absolute atomic E-state index is 13.4. The van der Waals surface area contributed by atoms with Crippen LogP contribution in [0.3, 0.4) is 0 Å². The van der Waals surface area contributed by atoms with Crippen molar-refractivity contribution >= 4 is 50.3 Å². The SMILES string of the molecule is CN(C(=O)CSC1=N/C(=C\c2ccccc2)C(=O)N1c1ccc(F)cc1)C1CCS(=O)(=O)C1. The van der Waals surface area contributed by atoms with E-state index in [1.165, 1.54) is 34.1 Å². The number of thioether (sulfide) groups is 1. The number of benzene rings is 2. The van der Waals surface area contributed by atoms with Crippen LogP contribution in [0.4, 0.5) is 10.1 Å². The molecule has 172 valence electrons.